The number of rotatable bonds is 3. The lowest BCUT2D eigenvalue weighted by Crippen LogP contribution is -2.25. The molecule has 2 fully saturated rings. The Morgan fingerprint density at radius 1 is 1.32 bits per heavy atom. The van der Waals surface area contributed by atoms with Crippen LogP contribution in [0.3, 0.4) is 0 Å². The second-order valence-corrected chi connectivity index (χ2v) is 7.03. The minimum atomic E-state index is 0.253. The molecule has 0 amide bonds. The lowest BCUT2D eigenvalue weighted by molar-refractivity contribution is -0.0267. The molecule has 3 rings (SSSR count). The molecule has 1 aliphatic carbocycles. The largest absolute Gasteiger partial charge is 0.398 e. The van der Waals surface area contributed by atoms with Crippen molar-refractivity contribution in [2.75, 3.05) is 11.5 Å². The number of thioether (sulfide) groups is 1. The van der Waals surface area contributed by atoms with E-state index in [0.29, 0.717) is 6.10 Å². The SMILES string of the molecule is Cc1cccc(SCC2CCC3(CCCC3)O2)c1N. The van der Waals surface area contributed by atoms with Gasteiger partial charge in [-0.2, -0.15) is 0 Å². The molecule has 1 aliphatic heterocycles. The Morgan fingerprint density at radius 3 is 2.89 bits per heavy atom. The Labute approximate surface area is 120 Å². The van der Waals surface area contributed by atoms with E-state index in [-0.39, 0.29) is 5.60 Å². The Kier molecular flexibility index (Phi) is 3.77. The summed E-state index contributed by atoms with van der Waals surface area (Å²) in [5.41, 5.74) is 8.48. The molecule has 2 N–H and O–H groups in total. The van der Waals surface area contributed by atoms with E-state index in [1.807, 2.05) is 11.8 Å². The van der Waals surface area contributed by atoms with Crippen LogP contribution in [0.2, 0.25) is 0 Å². The fraction of sp³-hybridized carbons (Fsp3) is 0.625. The standard InChI is InChI=1S/C16H23NOS/c1-12-5-4-6-14(15(12)17)19-11-13-7-10-16(18-13)8-2-3-9-16/h4-6,13H,2-3,7-11,17H2,1H3. The Bertz CT molecular complexity index is 454. The van der Waals surface area contributed by atoms with Gasteiger partial charge in [0.05, 0.1) is 11.7 Å². The van der Waals surface area contributed by atoms with Crippen LogP contribution >= 0.6 is 11.8 Å². The highest BCUT2D eigenvalue weighted by molar-refractivity contribution is 7.99. The number of hydrogen-bond donors (Lipinski definition) is 1. The van der Waals surface area contributed by atoms with Gasteiger partial charge in [0.1, 0.15) is 0 Å². The first-order chi connectivity index (χ1) is 9.19. The third kappa shape index (κ3) is 2.77. The van der Waals surface area contributed by atoms with Gasteiger partial charge in [-0.3, -0.25) is 0 Å². The molecule has 1 unspecified atom stereocenters. The molecule has 2 nitrogen and oxygen atoms in total. The molecule has 19 heavy (non-hydrogen) atoms. The second kappa shape index (κ2) is 5.37. The van der Waals surface area contributed by atoms with Gasteiger partial charge in [0.2, 0.25) is 0 Å². The van der Waals surface area contributed by atoms with Crippen molar-refractivity contribution in [3.8, 4) is 0 Å². The third-order valence-corrected chi connectivity index (χ3v) is 5.77. The summed E-state index contributed by atoms with van der Waals surface area (Å²) in [4.78, 5) is 1.20. The van der Waals surface area contributed by atoms with Crippen molar-refractivity contribution in [2.45, 2.75) is 62.0 Å². The van der Waals surface area contributed by atoms with Crippen molar-refractivity contribution in [3.63, 3.8) is 0 Å². The van der Waals surface area contributed by atoms with Crippen LogP contribution < -0.4 is 5.73 Å². The smallest absolute Gasteiger partial charge is 0.0687 e. The number of aryl methyl sites for hydroxylation is 1. The van der Waals surface area contributed by atoms with E-state index in [0.717, 1.165) is 11.4 Å². The van der Waals surface area contributed by atoms with E-state index in [2.05, 4.69) is 25.1 Å². The number of benzene rings is 1. The first-order valence-electron chi connectivity index (χ1n) is 7.34. The van der Waals surface area contributed by atoms with Gasteiger partial charge in [0, 0.05) is 16.3 Å². The molecule has 1 heterocycles. The molecule has 2 aliphatic rings. The van der Waals surface area contributed by atoms with Crippen LogP contribution in [0, 0.1) is 6.92 Å². The van der Waals surface area contributed by atoms with Crippen molar-refractivity contribution in [1.29, 1.82) is 0 Å². The molecule has 1 aromatic rings. The average molecular weight is 277 g/mol. The predicted octanol–water partition coefficient (Wildman–Crippen LogP) is 4.16. The minimum Gasteiger partial charge on any atom is -0.398 e. The van der Waals surface area contributed by atoms with Gasteiger partial charge >= 0.3 is 0 Å². The molecule has 0 radical (unpaired) electrons. The minimum absolute atomic E-state index is 0.253. The van der Waals surface area contributed by atoms with Crippen molar-refractivity contribution in [3.05, 3.63) is 23.8 Å². The molecule has 0 bridgehead atoms. The first-order valence-corrected chi connectivity index (χ1v) is 8.33. The van der Waals surface area contributed by atoms with Crippen molar-refractivity contribution in [2.24, 2.45) is 0 Å². The summed E-state index contributed by atoms with van der Waals surface area (Å²) in [5, 5.41) is 0. The van der Waals surface area contributed by atoms with Crippen LogP contribution in [0.1, 0.15) is 44.1 Å². The topological polar surface area (TPSA) is 35.2 Å². The molecular formula is C16H23NOS. The van der Waals surface area contributed by atoms with Gasteiger partial charge in [0.15, 0.2) is 0 Å². The average Bonchev–Trinajstić information content (AvgIpc) is 3.02. The van der Waals surface area contributed by atoms with Crippen LogP contribution in [0.4, 0.5) is 5.69 Å². The molecule has 1 aromatic carbocycles. The van der Waals surface area contributed by atoms with Crippen molar-refractivity contribution in [1.82, 2.24) is 0 Å². The lowest BCUT2D eigenvalue weighted by atomic mass is 9.98. The van der Waals surface area contributed by atoms with Crippen LogP contribution in [-0.2, 0) is 4.74 Å². The lowest BCUT2D eigenvalue weighted by Gasteiger charge is -2.23. The molecule has 1 saturated carbocycles. The number of hydrogen-bond acceptors (Lipinski definition) is 3. The Balaban J connectivity index is 1.57. The maximum Gasteiger partial charge on any atom is 0.0687 e. The molecule has 0 aromatic heterocycles. The summed E-state index contributed by atoms with van der Waals surface area (Å²) in [5.74, 6) is 1.04. The summed E-state index contributed by atoms with van der Waals surface area (Å²) in [6.07, 6.45) is 8.17. The Morgan fingerprint density at radius 2 is 2.11 bits per heavy atom. The van der Waals surface area contributed by atoms with E-state index >= 15 is 0 Å². The summed E-state index contributed by atoms with van der Waals surface area (Å²) in [6.45, 7) is 2.07. The van der Waals surface area contributed by atoms with E-state index in [1.165, 1.54) is 49.0 Å². The summed E-state index contributed by atoms with van der Waals surface area (Å²) in [7, 11) is 0. The highest BCUT2D eigenvalue weighted by Crippen LogP contribution is 2.44. The van der Waals surface area contributed by atoms with Gasteiger partial charge < -0.3 is 10.5 Å². The quantitative estimate of drug-likeness (QED) is 0.665. The molecule has 1 saturated heterocycles. The number of para-hydroxylation sites is 1. The highest BCUT2D eigenvalue weighted by atomic mass is 32.2. The summed E-state index contributed by atoms with van der Waals surface area (Å²) in [6, 6.07) is 6.27. The van der Waals surface area contributed by atoms with Crippen LogP contribution in [0.15, 0.2) is 23.1 Å². The van der Waals surface area contributed by atoms with Gasteiger partial charge in [-0.15, -0.1) is 11.8 Å². The van der Waals surface area contributed by atoms with E-state index < -0.39 is 0 Å². The fourth-order valence-corrected chi connectivity index (χ4v) is 4.45. The monoisotopic (exact) mass is 277 g/mol. The summed E-state index contributed by atoms with van der Waals surface area (Å²) >= 11 is 1.85. The number of anilines is 1. The zero-order valence-electron chi connectivity index (χ0n) is 11.7. The molecule has 104 valence electrons. The van der Waals surface area contributed by atoms with Crippen LogP contribution in [0.5, 0.6) is 0 Å². The maximum absolute atomic E-state index is 6.34. The van der Waals surface area contributed by atoms with Crippen LogP contribution in [-0.4, -0.2) is 17.5 Å². The van der Waals surface area contributed by atoms with Gasteiger partial charge in [-0.05, 0) is 44.2 Å². The molecule has 3 heteroatoms. The number of nitrogen functional groups attached to an aromatic ring is 1. The van der Waals surface area contributed by atoms with E-state index in [4.69, 9.17) is 10.5 Å². The number of nitrogens with two attached hydrogens (primary N) is 1. The van der Waals surface area contributed by atoms with Crippen LogP contribution in [0.25, 0.3) is 0 Å². The first kappa shape index (κ1) is 13.3. The van der Waals surface area contributed by atoms with Crippen molar-refractivity contribution < 1.29 is 4.74 Å². The van der Waals surface area contributed by atoms with E-state index in [9.17, 15) is 0 Å². The number of ether oxygens (including phenoxy) is 1. The Hall–Kier alpha value is -0.670. The zero-order valence-corrected chi connectivity index (χ0v) is 12.5. The molecular weight excluding hydrogens is 254 g/mol. The van der Waals surface area contributed by atoms with Gasteiger partial charge in [-0.1, -0.05) is 25.0 Å². The molecule has 1 atom stereocenters. The normalized spacial score (nSPS) is 25.2. The fourth-order valence-electron chi connectivity index (χ4n) is 3.36. The predicted molar refractivity (Wildman–Crippen MR) is 81.6 cm³/mol. The highest BCUT2D eigenvalue weighted by Gasteiger charge is 2.41. The molecule has 1 spiro atoms. The van der Waals surface area contributed by atoms with Gasteiger partial charge in [-0.25, -0.2) is 0 Å². The third-order valence-electron chi connectivity index (χ3n) is 4.56. The second-order valence-electron chi connectivity index (χ2n) is 5.97. The van der Waals surface area contributed by atoms with Gasteiger partial charge in [0.25, 0.3) is 0 Å². The summed E-state index contributed by atoms with van der Waals surface area (Å²) < 4.78 is 6.34. The van der Waals surface area contributed by atoms with E-state index in [1.54, 1.807) is 0 Å². The zero-order chi connectivity index (χ0) is 13.3. The van der Waals surface area contributed by atoms with Crippen molar-refractivity contribution >= 4 is 17.4 Å². The maximum atomic E-state index is 6.34.